The first-order chi connectivity index (χ1) is 9.67. The lowest BCUT2D eigenvalue weighted by molar-refractivity contribution is 0.164. The molecule has 0 bridgehead atoms. The van der Waals surface area contributed by atoms with Gasteiger partial charge in [-0.1, -0.05) is 13.0 Å². The lowest BCUT2D eigenvalue weighted by Crippen LogP contribution is -2.15. The standard InChI is InChI=1S/C16H20F2O2/c1-3-5-12-7-6-11(10-20-12)13-8-9-14(19-4-2)16(18)15(13)17/h7-9,11H,3-6,10H2,1-2H3. The van der Waals surface area contributed by atoms with E-state index in [1.165, 1.54) is 6.07 Å². The van der Waals surface area contributed by atoms with E-state index in [0.717, 1.165) is 18.6 Å². The SMILES string of the molecule is CCCC1=CCC(c2ccc(OCC)c(F)c2F)CO1. The molecule has 1 aliphatic rings. The molecule has 4 heteroatoms. The van der Waals surface area contributed by atoms with Crippen LogP contribution in [0.15, 0.2) is 24.0 Å². The minimum absolute atomic E-state index is 0.0345. The third-order valence-electron chi connectivity index (χ3n) is 3.41. The Labute approximate surface area is 118 Å². The molecule has 2 nitrogen and oxygen atoms in total. The number of hydrogen-bond donors (Lipinski definition) is 0. The van der Waals surface area contributed by atoms with Crippen LogP contribution >= 0.6 is 0 Å². The Morgan fingerprint density at radius 2 is 2.05 bits per heavy atom. The molecular weight excluding hydrogens is 262 g/mol. The van der Waals surface area contributed by atoms with Gasteiger partial charge in [-0.25, -0.2) is 4.39 Å². The van der Waals surface area contributed by atoms with Crippen molar-refractivity contribution >= 4 is 0 Å². The van der Waals surface area contributed by atoms with Gasteiger partial charge in [-0.05, 0) is 37.5 Å². The molecule has 20 heavy (non-hydrogen) atoms. The van der Waals surface area contributed by atoms with Crippen molar-refractivity contribution in [3.63, 3.8) is 0 Å². The van der Waals surface area contributed by atoms with E-state index >= 15 is 0 Å². The Balaban J connectivity index is 2.16. The third-order valence-corrected chi connectivity index (χ3v) is 3.41. The highest BCUT2D eigenvalue weighted by Gasteiger charge is 2.23. The Morgan fingerprint density at radius 3 is 2.65 bits per heavy atom. The molecular formula is C16H20F2O2. The van der Waals surface area contributed by atoms with E-state index in [-0.39, 0.29) is 11.7 Å². The molecule has 0 saturated carbocycles. The van der Waals surface area contributed by atoms with Gasteiger partial charge < -0.3 is 9.47 Å². The zero-order valence-corrected chi connectivity index (χ0v) is 11.9. The second-order valence-electron chi connectivity index (χ2n) is 4.88. The highest BCUT2D eigenvalue weighted by atomic mass is 19.2. The Morgan fingerprint density at radius 1 is 1.25 bits per heavy atom. The first-order valence-electron chi connectivity index (χ1n) is 7.09. The number of halogens is 2. The predicted octanol–water partition coefficient (Wildman–Crippen LogP) is 4.55. The molecule has 1 unspecified atom stereocenters. The van der Waals surface area contributed by atoms with E-state index in [0.29, 0.717) is 25.2 Å². The molecule has 1 aromatic carbocycles. The fourth-order valence-corrected chi connectivity index (χ4v) is 2.37. The van der Waals surface area contributed by atoms with Crippen LogP contribution in [0.3, 0.4) is 0 Å². The van der Waals surface area contributed by atoms with Gasteiger partial charge in [-0.3, -0.25) is 0 Å². The van der Waals surface area contributed by atoms with E-state index in [4.69, 9.17) is 9.47 Å². The lowest BCUT2D eigenvalue weighted by atomic mass is 9.93. The topological polar surface area (TPSA) is 18.5 Å². The molecule has 1 atom stereocenters. The predicted molar refractivity (Wildman–Crippen MR) is 73.8 cm³/mol. The molecule has 1 aliphatic heterocycles. The van der Waals surface area contributed by atoms with Crippen LogP contribution in [0.2, 0.25) is 0 Å². The average molecular weight is 282 g/mol. The minimum atomic E-state index is -0.910. The molecule has 0 radical (unpaired) electrons. The van der Waals surface area contributed by atoms with Gasteiger partial charge in [0.05, 0.1) is 19.0 Å². The molecule has 0 aliphatic carbocycles. The molecule has 110 valence electrons. The van der Waals surface area contributed by atoms with Crippen LogP contribution in [0.5, 0.6) is 5.75 Å². The van der Waals surface area contributed by atoms with Gasteiger partial charge in [0, 0.05) is 12.3 Å². The summed E-state index contributed by atoms with van der Waals surface area (Å²) < 4.78 is 38.6. The maximum Gasteiger partial charge on any atom is 0.200 e. The summed E-state index contributed by atoms with van der Waals surface area (Å²) in [6, 6.07) is 3.08. The van der Waals surface area contributed by atoms with Gasteiger partial charge >= 0.3 is 0 Å². The fourth-order valence-electron chi connectivity index (χ4n) is 2.37. The van der Waals surface area contributed by atoms with Gasteiger partial charge in [-0.2, -0.15) is 4.39 Å². The summed E-state index contributed by atoms with van der Waals surface area (Å²) in [6.07, 6.45) is 4.57. The maximum absolute atomic E-state index is 14.1. The molecule has 1 aromatic rings. The first kappa shape index (κ1) is 14.8. The van der Waals surface area contributed by atoms with Crippen LogP contribution in [0.4, 0.5) is 8.78 Å². The molecule has 2 rings (SSSR count). The summed E-state index contributed by atoms with van der Waals surface area (Å²) in [5.41, 5.74) is 0.359. The third kappa shape index (κ3) is 3.11. The van der Waals surface area contributed by atoms with E-state index in [1.54, 1.807) is 13.0 Å². The average Bonchev–Trinajstić information content (AvgIpc) is 2.46. The second kappa shape index (κ2) is 6.73. The van der Waals surface area contributed by atoms with Crippen LogP contribution in [-0.4, -0.2) is 13.2 Å². The van der Waals surface area contributed by atoms with Crippen molar-refractivity contribution in [1.29, 1.82) is 0 Å². The van der Waals surface area contributed by atoms with Crippen molar-refractivity contribution in [2.24, 2.45) is 0 Å². The highest BCUT2D eigenvalue weighted by molar-refractivity contribution is 5.34. The number of ether oxygens (including phenoxy) is 2. The lowest BCUT2D eigenvalue weighted by Gasteiger charge is -2.24. The van der Waals surface area contributed by atoms with Crippen LogP contribution < -0.4 is 4.74 Å². The van der Waals surface area contributed by atoms with Crippen molar-refractivity contribution in [1.82, 2.24) is 0 Å². The zero-order valence-electron chi connectivity index (χ0n) is 11.9. The summed E-state index contributed by atoms with van der Waals surface area (Å²) in [4.78, 5) is 0. The van der Waals surface area contributed by atoms with Crippen LogP contribution in [0.1, 0.15) is 44.6 Å². The summed E-state index contributed by atoms with van der Waals surface area (Å²) in [6.45, 7) is 4.53. The fraction of sp³-hybridized carbons (Fsp3) is 0.500. The molecule has 0 fully saturated rings. The number of hydrogen-bond acceptors (Lipinski definition) is 2. The number of rotatable bonds is 5. The number of benzene rings is 1. The van der Waals surface area contributed by atoms with Gasteiger partial charge in [0.15, 0.2) is 11.6 Å². The molecule has 0 saturated heterocycles. The second-order valence-corrected chi connectivity index (χ2v) is 4.88. The molecule has 0 amide bonds. The smallest absolute Gasteiger partial charge is 0.200 e. The number of allylic oxidation sites excluding steroid dienone is 2. The summed E-state index contributed by atoms with van der Waals surface area (Å²) in [7, 11) is 0. The van der Waals surface area contributed by atoms with Crippen molar-refractivity contribution in [2.75, 3.05) is 13.2 Å². The van der Waals surface area contributed by atoms with Crippen molar-refractivity contribution in [3.05, 3.63) is 41.2 Å². The summed E-state index contributed by atoms with van der Waals surface area (Å²) in [5, 5.41) is 0. The van der Waals surface area contributed by atoms with Crippen LogP contribution in [0.25, 0.3) is 0 Å². The van der Waals surface area contributed by atoms with Gasteiger partial charge in [-0.15, -0.1) is 0 Å². The zero-order chi connectivity index (χ0) is 14.5. The molecule has 0 N–H and O–H groups in total. The van der Waals surface area contributed by atoms with Gasteiger partial charge in [0.25, 0.3) is 0 Å². The van der Waals surface area contributed by atoms with Crippen LogP contribution in [-0.2, 0) is 4.74 Å². The van der Waals surface area contributed by atoms with Crippen molar-refractivity contribution in [2.45, 2.75) is 39.0 Å². The van der Waals surface area contributed by atoms with Crippen molar-refractivity contribution in [3.8, 4) is 5.75 Å². The molecule has 1 heterocycles. The Kier molecular flexibility index (Phi) is 4.99. The Hall–Kier alpha value is -1.58. The first-order valence-corrected chi connectivity index (χ1v) is 7.09. The van der Waals surface area contributed by atoms with Crippen molar-refractivity contribution < 1.29 is 18.3 Å². The largest absolute Gasteiger partial charge is 0.498 e. The van der Waals surface area contributed by atoms with E-state index in [2.05, 4.69) is 6.92 Å². The van der Waals surface area contributed by atoms with Crippen LogP contribution in [0, 0.1) is 11.6 Å². The van der Waals surface area contributed by atoms with Gasteiger partial charge in [0.2, 0.25) is 5.82 Å². The molecule has 0 spiro atoms. The summed E-state index contributed by atoms with van der Waals surface area (Å²) >= 11 is 0. The van der Waals surface area contributed by atoms with E-state index in [1.807, 2.05) is 6.08 Å². The Bertz CT molecular complexity index is 497. The normalized spacial score (nSPS) is 18.4. The quantitative estimate of drug-likeness (QED) is 0.788. The van der Waals surface area contributed by atoms with E-state index < -0.39 is 11.6 Å². The maximum atomic E-state index is 14.1. The highest BCUT2D eigenvalue weighted by Crippen LogP contribution is 2.33. The monoisotopic (exact) mass is 282 g/mol. The minimum Gasteiger partial charge on any atom is -0.498 e. The van der Waals surface area contributed by atoms with Gasteiger partial charge in [0.1, 0.15) is 0 Å². The summed E-state index contributed by atoms with van der Waals surface area (Å²) in [5.74, 6) is -0.950. The molecule has 0 aromatic heterocycles. The van der Waals surface area contributed by atoms with E-state index in [9.17, 15) is 8.78 Å².